The third-order valence-corrected chi connectivity index (χ3v) is 0.352. The van der Waals surface area contributed by atoms with Crippen molar-refractivity contribution in [2.24, 2.45) is 0 Å². The fraction of sp³-hybridized carbons (Fsp3) is 0.500. The monoisotopic (exact) mass is 90.0 g/mol. The highest BCUT2D eigenvalue weighted by molar-refractivity contribution is 5.70. The molecule has 1 aliphatic heterocycles. The molecule has 6 heavy (non-hydrogen) atoms. The smallest absolute Gasteiger partial charge is 0.266 e. The number of rotatable bonds is 0. The lowest BCUT2D eigenvalue weighted by Gasteiger charge is -1.74. The molecule has 0 amide bonds. The van der Waals surface area contributed by atoms with Gasteiger partial charge in [0.2, 0.25) is 0 Å². The van der Waals surface area contributed by atoms with Crippen LogP contribution in [0.3, 0.4) is 0 Å². The van der Waals surface area contributed by atoms with Gasteiger partial charge in [0.15, 0.2) is 6.61 Å². The molecule has 34 valence electrons. The van der Waals surface area contributed by atoms with E-state index in [1.807, 2.05) is 0 Å². The Morgan fingerprint density at radius 1 is 1.67 bits per heavy atom. The Morgan fingerprint density at radius 3 is 2.67 bits per heavy atom. The Morgan fingerprint density at radius 2 is 2.50 bits per heavy atom. The highest BCUT2D eigenvalue weighted by Crippen LogP contribution is 1.91. The van der Waals surface area contributed by atoms with E-state index in [0.717, 1.165) is 0 Å². The lowest BCUT2D eigenvalue weighted by atomic mass is 10.8. The van der Waals surface area contributed by atoms with E-state index in [0.29, 0.717) is 0 Å². The lowest BCUT2D eigenvalue weighted by Crippen LogP contribution is -1.94. The molecule has 0 bridgehead atoms. The molecule has 4 heteroatoms. The molecule has 4 nitrogen and oxygen atoms in total. The predicted octanol–water partition coefficient (Wildman–Crippen LogP) is -0.594. The second-order valence-corrected chi connectivity index (χ2v) is 0.786. The van der Waals surface area contributed by atoms with Crippen molar-refractivity contribution < 1.29 is 19.6 Å². The molecule has 0 N–H and O–H groups in total. The molecular formula is C2H2O4. The van der Waals surface area contributed by atoms with Gasteiger partial charge >= 0.3 is 5.97 Å². The maximum absolute atomic E-state index is 9.77. The van der Waals surface area contributed by atoms with Crippen LogP contribution in [0.2, 0.25) is 0 Å². The van der Waals surface area contributed by atoms with Crippen molar-refractivity contribution in [3.05, 3.63) is 0 Å². The zero-order valence-corrected chi connectivity index (χ0v) is 2.84. The topological polar surface area (TPSA) is 44.8 Å². The van der Waals surface area contributed by atoms with E-state index in [1.54, 1.807) is 0 Å². The summed E-state index contributed by atoms with van der Waals surface area (Å²) in [5, 5.41) is 3.71. The Kier molecular flexibility index (Phi) is 0.736. The molecule has 0 unspecified atom stereocenters. The fourth-order valence-electron chi connectivity index (χ4n) is 0.158. The van der Waals surface area contributed by atoms with Gasteiger partial charge in [-0.3, -0.25) is 4.89 Å². The molecule has 0 aliphatic carbocycles. The van der Waals surface area contributed by atoms with Crippen molar-refractivity contribution >= 4 is 5.97 Å². The minimum absolute atomic E-state index is 0.0972. The minimum Gasteiger partial charge on any atom is -0.266 e. The van der Waals surface area contributed by atoms with Crippen molar-refractivity contribution in [3.63, 3.8) is 0 Å². The lowest BCUT2D eigenvalue weighted by molar-refractivity contribution is -0.441. The van der Waals surface area contributed by atoms with Crippen molar-refractivity contribution in [2.45, 2.75) is 0 Å². The van der Waals surface area contributed by atoms with Crippen LogP contribution in [0, 0.1) is 0 Å². The number of hydrogen-bond donors (Lipinski definition) is 0. The summed E-state index contributed by atoms with van der Waals surface area (Å²) in [6.07, 6.45) is 0. The van der Waals surface area contributed by atoms with E-state index < -0.39 is 5.97 Å². The van der Waals surface area contributed by atoms with Gasteiger partial charge in [-0.1, -0.05) is 0 Å². The van der Waals surface area contributed by atoms with Gasteiger partial charge in [-0.25, -0.2) is 4.79 Å². The molecule has 0 saturated carbocycles. The minimum atomic E-state index is -0.491. The molecule has 1 rings (SSSR count). The summed E-state index contributed by atoms with van der Waals surface area (Å²) in [4.78, 5) is 17.5. The Bertz CT molecular complexity index is 59.9. The van der Waals surface area contributed by atoms with Gasteiger partial charge in [-0.2, -0.15) is 4.89 Å². The number of hydrogen-bond acceptors (Lipinski definition) is 4. The van der Waals surface area contributed by atoms with Crippen molar-refractivity contribution in [2.75, 3.05) is 6.61 Å². The van der Waals surface area contributed by atoms with Gasteiger partial charge < -0.3 is 0 Å². The van der Waals surface area contributed by atoms with Crippen molar-refractivity contribution in [3.8, 4) is 0 Å². The summed E-state index contributed by atoms with van der Waals surface area (Å²) in [6.45, 7) is -0.0972. The van der Waals surface area contributed by atoms with E-state index in [2.05, 4.69) is 14.8 Å². The molecule has 1 fully saturated rings. The molecular weight excluding hydrogens is 88.0 g/mol. The van der Waals surface area contributed by atoms with E-state index in [-0.39, 0.29) is 6.61 Å². The molecule has 0 radical (unpaired) electrons. The molecule has 0 atom stereocenters. The second kappa shape index (κ2) is 1.24. The zero-order valence-electron chi connectivity index (χ0n) is 2.84. The second-order valence-electron chi connectivity index (χ2n) is 0.786. The van der Waals surface area contributed by atoms with Crippen molar-refractivity contribution in [1.82, 2.24) is 0 Å². The number of carbonyl (C=O) groups is 1. The van der Waals surface area contributed by atoms with E-state index in [1.165, 1.54) is 0 Å². The predicted molar refractivity (Wildman–Crippen MR) is 13.1 cm³/mol. The van der Waals surface area contributed by atoms with Crippen LogP contribution in [0.15, 0.2) is 0 Å². The number of carbonyl (C=O) groups excluding carboxylic acids is 1. The van der Waals surface area contributed by atoms with E-state index >= 15 is 0 Å². The first kappa shape index (κ1) is 3.58. The maximum atomic E-state index is 9.77. The first-order valence-corrected chi connectivity index (χ1v) is 1.38. The van der Waals surface area contributed by atoms with E-state index in [9.17, 15) is 4.79 Å². The summed E-state index contributed by atoms with van der Waals surface area (Å²) in [5.74, 6) is -0.491. The van der Waals surface area contributed by atoms with Crippen LogP contribution in [-0.2, 0) is 19.6 Å². The van der Waals surface area contributed by atoms with Crippen LogP contribution in [0.5, 0.6) is 0 Å². The maximum Gasteiger partial charge on any atom is 0.374 e. The molecule has 1 saturated heterocycles. The van der Waals surface area contributed by atoms with Gasteiger partial charge in [0.25, 0.3) is 0 Å². The highest BCUT2D eigenvalue weighted by atomic mass is 17.5. The average Bonchev–Trinajstić information content (AvgIpc) is 1.86. The Labute approximate surface area is 33.5 Å². The summed E-state index contributed by atoms with van der Waals surface area (Å²) < 4.78 is 0. The Hall–Kier alpha value is -0.610. The first-order valence-electron chi connectivity index (χ1n) is 1.38. The third-order valence-electron chi connectivity index (χ3n) is 0.352. The summed E-state index contributed by atoms with van der Waals surface area (Å²) >= 11 is 0. The zero-order chi connectivity index (χ0) is 4.41. The normalized spacial score (nSPS) is 21.0. The van der Waals surface area contributed by atoms with Crippen molar-refractivity contribution in [1.29, 1.82) is 0 Å². The van der Waals surface area contributed by atoms with Gasteiger partial charge in [-0.15, -0.1) is 0 Å². The summed E-state index contributed by atoms with van der Waals surface area (Å²) in [6, 6.07) is 0. The molecule has 0 aromatic rings. The summed E-state index contributed by atoms with van der Waals surface area (Å²) in [5.41, 5.74) is 0. The van der Waals surface area contributed by atoms with Crippen LogP contribution in [-0.4, -0.2) is 12.6 Å². The van der Waals surface area contributed by atoms with Crippen LogP contribution in [0.1, 0.15) is 0 Å². The van der Waals surface area contributed by atoms with Gasteiger partial charge in [0, 0.05) is 0 Å². The van der Waals surface area contributed by atoms with Crippen LogP contribution >= 0.6 is 0 Å². The summed E-state index contributed by atoms with van der Waals surface area (Å²) in [7, 11) is 0. The fourth-order valence-corrected chi connectivity index (χ4v) is 0.158. The molecule has 1 aliphatic rings. The SMILES string of the molecule is O=C1COOO1. The molecule has 1 heterocycles. The Balaban J connectivity index is 2.37. The van der Waals surface area contributed by atoms with Gasteiger partial charge in [0.1, 0.15) is 0 Å². The molecule has 0 aromatic carbocycles. The van der Waals surface area contributed by atoms with Crippen LogP contribution in [0.25, 0.3) is 0 Å². The molecule has 0 aromatic heterocycles. The standard InChI is InChI=1S/C2H2O4/c3-2-1-4-6-5-2/h1H2. The third kappa shape index (κ3) is 0.474. The first-order chi connectivity index (χ1) is 2.89. The van der Waals surface area contributed by atoms with Gasteiger partial charge in [-0.05, 0) is 5.04 Å². The van der Waals surface area contributed by atoms with Crippen LogP contribution in [0.4, 0.5) is 0 Å². The molecule has 0 spiro atoms. The van der Waals surface area contributed by atoms with E-state index in [4.69, 9.17) is 0 Å². The largest absolute Gasteiger partial charge is 0.374 e. The van der Waals surface area contributed by atoms with Crippen LogP contribution < -0.4 is 0 Å². The quantitative estimate of drug-likeness (QED) is 0.373. The average molecular weight is 90.0 g/mol. The van der Waals surface area contributed by atoms with Gasteiger partial charge in [0.05, 0.1) is 0 Å². The highest BCUT2D eigenvalue weighted by Gasteiger charge is 2.12.